The van der Waals surface area contributed by atoms with Crippen LogP contribution in [0.5, 0.6) is 11.5 Å². The molecular weight excluding hydrogens is 374 g/mol. The summed E-state index contributed by atoms with van der Waals surface area (Å²) in [4.78, 5) is 18.2. The van der Waals surface area contributed by atoms with Crippen molar-refractivity contribution < 1.29 is 14.3 Å². The number of nitrogens with one attached hydrogen (secondary N) is 1. The Bertz CT molecular complexity index is 968. The number of aryl methyl sites for hydroxylation is 1. The van der Waals surface area contributed by atoms with Crippen molar-refractivity contribution in [2.24, 2.45) is 0 Å². The van der Waals surface area contributed by atoms with E-state index in [1.54, 1.807) is 25.3 Å². The number of amides is 1. The molecule has 0 atom stereocenters. The third kappa shape index (κ3) is 4.43. The molecule has 0 aliphatic rings. The van der Waals surface area contributed by atoms with E-state index in [1.165, 1.54) is 11.3 Å². The third-order valence-corrected chi connectivity index (χ3v) is 5.00. The van der Waals surface area contributed by atoms with Crippen LogP contribution in [0.15, 0.2) is 42.5 Å². The van der Waals surface area contributed by atoms with Gasteiger partial charge in [-0.1, -0.05) is 6.92 Å². The normalized spacial score (nSPS) is 10.5. The number of nitrogen functional groups attached to an aromatic ring is 1. The molecule has 0 bridgehead atoms. The Kier molecular flexibility index (Phi) is 6.16. The predicted octanol–water partition coefficient (Wildman–Crippen LogP) is 4.75. The molecule has 0 spiro atoms. The fraction of sp³-hybridized carbons (Fsp3) is 0.238. The van der Waals surface area contributed by atoms with E-state index in [1.807, 2.05) is 38.1 Å². The van der Waals surface area contributed by atoms with Crippen LogP contribution < -0.4 is 20.5 Å². The summed E-state index contributed by atoms with van der Waals surface area (Å²) in [5.74, 6) is 1.11. The Morgan fingerprint density at radius 2 is 1.96 bits per heavy atom. The van der Waals surface area contributed by atoms with Crippen LogP contribution in [0.25, 0.3) is 11.3 Å². The maximum Gasteiger partial charge on any atom is 0.257 e. The van der Waals surface area contributed by atoms with Crippen molar-refractivity contribution in [3.8, 4) is 22.8 Å². The van der Waals surface area contributed by atoms with Crippen molar-refractivity contribution in [1.82, 2.24) is 4.98 Å². The van der Waals surface area contributed by atoms with Gasteiger partial charge in [0.1, 0.15) is 11.5 Å². The maximum absolute atomic E-state index is 12.6. The van der Waals surface area contributed by atoms with Gasteiger partial charge in [0.25, 0.3) is 5.91 Å². The number of nitrogens with two attached hydrogens (primary N) is 1. The first-order valence-electron chi connectivity index (χ1n) is 8.97. The Hall–Kier alpha value is -3.06. The Morgan fingerprint density at radius 1 is 1.21 bits per heavy atom. The molecule has 7 heteroatoms. The zero-order valence-corrected chi connectivity index (χ0v) is 16.9. The van der Waals surface area contributed by atoms with Crippen molar-refractivity contribution >= 4 is 28.1 Å². The van der Waals surface area contributed by atoms with E-state index >= 15 is 0 Å². The van der Waals surface area contributed by atoms with Crippen LogP contribution >= 0.6 is 11.3 Å². The minimum absolute atomic E-state index is 0.260. The molecule has 28 heavy (non-hydrogen) atoms. The van der Waals surface area contributed by atoms with Gasteiger partial charge in [-0.2, -0.15) is 0 Å². The minimum atomic E-state index is -0.260. The molecule has 6 nitrogen and oxygen atoms in total. The van der Waals surface area contributed by atoms with Crippen LogP contribution in [0.2, 0.25) is 0 Å². The van der Waals surface area contributed by atoms with E-state index in [9.17, 15) is 4.79 Å². The zero-order valence-electron chi connectivity index (χ0n) is 16.1. The molecule has 0 unspecified atom stereocenters. The zero-order chi connectivity index (χ0) is 20.1. The quantitative estimate of drug-likeness (QED) is 0.562. The first-order chi connectivity index (χ1) is 13.5. The standard InChI is InChI=1S/C21H23N3O3S/c1-4-11-27-18-10-7-15(12-17(18)22)20(25)24-21-23-19(13(2)28-21)14-5-8-16(26-3)9-6-14/h5-10,12H,4,11,22H2,1-3H3,(H,23,24,25). The number of rotatable bonds is 7. The van der Waals surface area contributed by atoms with Crippen LogP contribution in [0.3, 0.4) is 0 Å². The topological polar surface area (TPSA) is 86.5 Å². The summed E-state index contributed by atoms with van der Waals surface area (Å²) >= 11 is 1.43. The average Bonchev–Trinajstić information content (AvgIpc) is 3.07. The highest BCUT2D eigenvalue weighted by Gasteiger charge is 2.14. The number of nitrogens with zero attached hydrogens (tertiary/aromatic N) is 1. The van der Waals surface area contributed by atoms with E-state index in [-0.39, 0.29) is 5.91 Å². The average molecular weight is 398 g/mol. The molecule has 1 heterocycles. The van der Waals surface area contributed by atoms with Crippen molar-refractivity contribution in [2.75, 3.05) is 24.8 Å². The molecule has 0 aliphatic carbocycles. The van der Waals surface area contributed by atoms with Crippen LogP contribution in [-0.4, -0.2) is 24.6 Å². The van der Waals surface area contributed by atoms with Gasteiger partial charge in [-0.25, -0.2) is 4.98 Å². The molecule has 0 saturated heterocycles. The highest BCUT2D eigenvalue weighted by molar-refractivity contribution is 7.16. The summed E-state index contributed by atoms with van der Waals surface area (Å²) in [6.07, 6.45) is 0.890. The van der Waals surface area contributed by atoms with Gasteiger partial charge in [-0.15, -0.1) is 11.3 Å². The third-order valence-electron chi connectivity index (χ3n) is 4.11. The molecule has 3 rings (SSSR count). The summed E-state index contributed by atoms with van der Waals surface area (Å²) in [7, 11) is 1.63. The SMILES string of the molecule is CCCOc1ccc(C(=O)Nc2nc(-c3ccc(OC)cc3)c(C)s2)cc1N. The number of carbonyl (C=O) groups excluding carboxylic acids is 1. The van der Waals surface area contributed by atoms with Crippen molar-refractivity contribution in [1.29, 1.82) is 0 Å². The molecule has 3 N–H and O–H groups in total. The van der Waals surface area contributed by atoms with Gasteiger partial charge in [-0.3, -0.25) is 10.1 Å². The number of hydrogen-bond acceptors (Lipinski definition) is 6. The van der Waals surface area contributed by atoms with Gasteiger partial charge in [0.2, 0.25) is 0 Å². The van der Waals surface area contributed by atoms with Gasteiger partial charge < -0.3 is 15.2 Å². The second kappa shape index (κ2) is 8.75. The number of ether oxygens (including phenoxy) is 2. The van der Waals surface area contributed by atoms with E-state index in [2.05, 4.69) is 10.3 Å². The van der Waals surface area contributed by atoms with Gasteiger partial charge in [0.15, 0.2) is 5.13 Å². The first-order valence-corrected chi connectivity index (χ1v) is 9.79. The smallest absolute Gasteiger partial charge is 0.257 e. The largest absolute Gasteiger partial charge is 0.497 e. The number of anilines is 2. The number of thiazole rings is 1. The molecule has 0 fully saturated rings. The van der Waals surface area contributed by atoms with Crippen molar-refractivity contribution in [2.45, 2.75) is 20.3 Å². The van der Waals surface area contributed by atoms with Gasteiger partial charge in [0, 0.05) is 16.0 Å². The van der Waals surface area contributed by atoms with Gasteiger partial charge in [-0.05, 0) is 55.8 Å². The summed E-state index contributed by atoms with van der Waals surface area (Å²) in [5, 5.41) is 3.39. The highest BCUT2D eigenvalue weighted by Crippen LogP contribution is 2.32. The second-order valence-electron chi connectivity index (χ2n) is 6.21. The molecular formula is C21H23N3O3S. The monoisotopic (exact) mass is 397 g/mol. The van der Waals surface area contributed by atoms with E-state index in [0.717, 1.165) is 28.3 Å². The number of carbonyl (C=O) groups is 1. The molecule has 146 valence electrons. The van der Waals surface area contributed by atoms with Gasteiger partial charge >= 0.3 is 0 Å². The second-order valence-corrected chi connectivity index (χ2v) is 7.41. The number of benzene rings is 2. The molecule has 1 amide bonds. The van der Waals surface area contributed by atoms with Crippen molar-refractivity contribution in [3.05, 3.63) is 52.9 Å². The van der Waals surface area contributed by atoms with Crippen LogP contribution in [0, 0.1) is 6.92 Å². The lowest BCUT2D eigenvalue weighted by Gasteiger charge is -2.09. The van der Waals surface area contributed by atoms with E-state index < -0.39 is 0 Å². The first kappa shape index (κ1) is 19.7. The summed E-state index contributed by atoms with van der Waals surface area (Å²) in [5.41, 5.74) is 8.70. The molecule has 0 radical (unpaired) electrons. The minimum Gasteiger partial charge on any atom is -0.497 e. The van der Waals surface area contributed by atoms with E-state index in [0.29, 0.717) is 28.7 Å². The molecule has 0 saturated carbocycles. The molecule has 3 aromatic rings. The van der Waals surface area contributed by atoms with E-state index in [4.69, 9.17) is 15.2 Å². The lowest BCUT2D eigenvalue weighted by Crippen LogP contribution is -2.12. The summed E-state index contributed by atoms with van der Waals surface area (Å²) < 4.78 is 10.7. The van der Waals surface area contributed by atoms with Crippen LogP contribution in [-0.2, 0) is 0 Å². The lowest BCUT2D eigenvalue weighted by molar-refractivity contribution is 0.102. The number of aromatic nitrogens is 1. The Balaban J connectivity index is 1.75. The molecule has 0 aliphatic heterocycles. The lowest BCUT2D eigenvalue weighted by atomic mass is 10.1. The van der Waals surface area contributed by atoms with Crippen LogP contribution in [0.4, 0.5) is 10.8 Å². The van der Waals surface area contributed by atoms with Gasteiger partial charge in [0.05, 0.1) is 25.1 Å². The van der Waals surface area contributed by atoms with Crippen molar-refractivity contribution in [3.63, 3.8) is 0 Å². The van der Waals surface area contributed by atoms with Crippen LogP contribution in [0.1, 0.15) is 28.6 Å². The number of methoxy groups -OCH3 is 1. The maximum atomic E-state index is 12.6. The Morgan fingerprint density at radius 3 is 2.61 bits per heavy atom. The summed E-state index contributed by atoms with van der Waals surface area (Å²) in [6, 6.07) is 12.7. The fourth-order valence-electron chi connectivity index (χ4n) is 2.67. The fourth-order valence-corrected chi connectivity index (χ4v) is 3.50. The number of hydrogen-bond donors (Lipinski definition) is 2. The molecule has 2 aromatic carbocycles. The Labute approximate surface area is 168 Å². The summed E-state index contributed by atoms with van der Waals surface area (Å²) in [6.45, 7) is 4.58. The molecule has 1 aromatic heterocycles. The highest BCUT2D eigenvalue weighted by atomic mass is 32.1. The predicted molar refractivity (Wildman–Crippen MR) is 113 cm³/mol.